The fourth-order valence-corrected chi connectivity index (χ4v) is 2.42. The lowest BCUT2D eigenvalue weighted by molar-refractivity contribution is 0.438. The van der Waals surface area contributed by atoms with Crippen LogP contribution < -0.4 is 5.32 Å². The third-order valence-electron chi connectivity index (χ3n) is 3.75. The Kier molecular flexibility index (Phi) is 5.18. The number of nitrogens with zero attached hydrogens (tertiary/aromatic N) is 2. The molecule has 3 heteroatoms. The molecule has 1 unspecified atom stereocenters. The van der Waals surface area contributed by atoms with E-state index in [4.69, 9.17) is 0 Å². The number of hydrogen-bond acceptors (Lipinski definition) is 2. The molecule has 0 aliphatic rings. The molecule has 21 heavy (non-hydrogen) atoms. The SMILES string of the molecule is CCCNC(Cn1cccn1)c1ccc(C(C)(C)C)cc1. The van der Waals surface area contributed by atoms with Gasteiger partial charge in [-0.2, -0.15) is 5.10 Å². The highest BCUT2D eigenvalue weighted by atomic mass is 15.3. The molecule has 0 radical (unpaired) electrons. The minimum atomic E-state index is 0.201. The molecule has 2 aromatic rings. The van der Waals surface area contributed by atoms with Crippen molar-refractivity contribution >= 4 is 0 Å². The van der Waals surface area contributed by atoms with E-state index in [1.54, 1.807) is 0 Å². The van der Waals surface area contributed by atoms with Crippen molar-refractivity contribution in [2.45, 2.75) is 52.1 Å². The molecule has 0 spiro atoms. The van der Waals surface area contributed by atoms with Crippen LogP contribution in [0.25, 0.3) is 0 Å². The highest BCUT2D eigenvalue weighted by molar-refractivity contribution is 5.29. The maximum Gasteiger partial charge on any atom is 0.0604 e. The van der Waals surface area contributed by atoms with Gasteiger partial charge in [-0.15, -0.1) is 0 Å². The van der Waals surface area contributed by atoms with Crippen LogP contribution >= 0.6 is 0 Å². The van der Waals surface area contributed by atoms with Crippen LogP contribution in [-0.2, 0) is 12.0 Å². The Balaban J connectivity index is 2.15. The summed E-state index contributed by atoms with van der Waals surface area (Å²) in [7, 11) is 0. The van der Waals surface area contributed by atoms with Crippen LogP contribution in [0.2, 0.25) is 0 Å². The monoisotopic (exact) mass is 285 g/mol. The number of nitrogens with one attached hydrogen (secondary N) is 1. The molecule has 0 fully saturated rings. The molecule has 1 heterocycles. The average Bonchev–Trinajstić information content (AvgIpc) is 2.95. The van der Waals surface area contributed by atoms with E-state index >= 15 is 0 Å². The van der Waals surface area contributed by atoms with Gasteiger partial charge < -0.3 is 5.32 Å². The topological polar surface area (TPSA) is 29.9 Å². The maximum atomic E-state index is 4.32. The predicted octanol–water partition coefficient (Wildman–Crippen LogP) is 3.92. The molecule has 0 aliphatic carbocycles. The average molecular weight is 285 g/mol. The standard InChI is InChI=1S/C18H27N3/c1-5-11-19-17(14-21-13-6-12-20-21)15-7-9-16(10-8-15)18(2,3)4/h6-10,12-13,17,19H,5,11,14H2,1-4H3. The normalized spacial score (nSPS) is 13.3. The van der Waals surface area contributed by atoms with Crippen molar-refractivity contribution in [1.29, 1.82) is 0 Å². The molecule has 0 bridgehead atoms. The van der Waals surface area contributed by atoms with Gasteiger partial charge in [0.05, 0.1) is 12.6 Å². The third kappa shape index (κ3) is 4.43. The van der Waals surface area contributed by atoms with Crippen LogP contribution in [0.5, 0.6) is 0 Å². The van der Waals surface area contributed by atoms with Crippen molar-refractivity contribution in [2.24, 2.45) is 0 Å². The van der Waals surface area contributed by atoms with Crippen molar-refractivity contribution in [3.63, 3.8) is 0 Å². The maximum absolute atomic E-state index is 4.32. The fourth-order valence-electron chi connectivity index (χ4n) is 2.42. The van der Waals surface area contributed by atoms with Crippen molar-refractivity contribution in [1.82, 2.24) is 15.1 Å². The molecule has 0 saturated heterocycles. The Hall–Kier alpha value is -1.61. The molecular formula is C18H27N3. The van der Waals surface area contributed by atoms with Gasteiger partial charge in [-0.05, 0) is 35.6 Å². The Morgan fingerprint density at radius 3 is 2.43 bits per heavy atom. The first-order valence-corrected chi connectivity index (χ1v) is 7.82. The lowest BCUT2D eigenvalue weighted by Gasteiger charge is -2.22. The first-order chi connectivity index (χ1) is 10.0. The summed E-state index contributed by atoms with van der Waals surface area (Å²) in [5.41, 5.74) is 2.90. The smallest absolute Gasteiger partial charge is 0.0604 e. The van der Waals surface area contributed by atoms with Gasteiger partial charge in [0.25, 0.3) is 0 Å². The van der Waals surface area contributed by atoms with Crippen LogP contribution in [0, 0.1) is 0 Å². The van der Waals surface area contributed by atoms with E-state index < -0.39 is 0 Å². The van der Waals surface area contributed by atoms with Gasteiger partial charge in [-0.25, -0.2) is 0 Å². The van der Waals surface area contributed by atoms with E-state index in [9.17, 15) is 0 Å². The summed E-state index contributed by atoms with van der Waals surface area (Å²) in [4.78, 5) is 0. The Bertz CT molecular complexity index is 521. The highest BCUT2D eigenvalue weighted by Crippen LogP contribution is 2.24. The second-order valence-corrected chi connectivity index (χ2v) is 6.61. The zero-order valence-electron chi connectivity index (χ0n) is 13.6. The first-order valence-electron chi connectivity index (χ1n) is 7.82. The van der Waals surface area contributed by atoms with E-state index in [0.29, 0.717) is 6.04 Å². The molecule has 1 aromatic heterocycles. The fraction of sp³-hybridized carbons (Fsp3) is 0.500. The van der Waals surface area contributed by atoms with Gasteiger partial charge in [0.2, 0.25) is 0 Å². The minimum Gasteiger partial charge on any atom is -0.308 e. The van der Waals surface area contributed by atoms with Gasteiger partial charge >= 0.3 is 0 Å². The van der Waals surface area contributed by atoms with Crippen LogP contribution in [0.15, 0.2) is 42.7 Å². The summed E-state index contributed by atoms with van der Waals surface area (Å²) in [5.74, 6) is 0. The molecule has 2 rings (SSSR count). The van der Waals surface area contributed by atoms with Crippen LogP contribution in [0.3, 0.4) is 0 Å². The molecule has 1 aromatic carbocycles. The molecule has 114 valence electrons. The number of aromatic nitrogens is 2. The molecular weight excluding hydrogens is 258 g/mol. The lowest BCUT2D eigenvalue weighted by atomic mass is 9.86. The molecule has 0 amide bonds. The zero-order chi connectivity index (χ0) is 15.3. The summed E-state index contributed by atoms with van der Waals surface area (Å²) in [6, 6.07) is 11.3. The zero-order valence-corrected chi connectivity index (χ0v) is 13.6. The van der Waals surface area contributed by atoms with Gasteiger partial charge in [0.1, 0.15) is 0 Å². The molecule has 0 saturated carbocycles. The van der Waals surface area contributed by atoms with Gasteiger partial charge in [0, 0.05) is 12.4 Å². The van der Waals surface area contributed by atoms with Crippen LogP contribution in [-0.4, -0.2) is 16.3 Å². The summed E-state index contributed by atoms with van der Waals surface area (Å²) in [6.45, 7) is 10.8. The minimum absolute atomic E-state index is 0.201. The van der Waals surface area contributed by atoms with Gasteiger partial charge in [-0.1, -0.05) is 52.0 Å². The largest absolute Gasteiger partial charge is 0.308 e. The predicted molar refractivity (Wildman–Crippen MR) is 88.4 cm³/mol. The Labute approximate surface area is 128 Å². The first kappa shape index (κ1) is 15.8. The lowest BCUT2D eigenvalue weighted by Crippen LogP contribution is -2.26. The Morgan fingerprint density at radius 1 is 1.19 bits per heavy atom. The Morgan fingerprint density at radius 2 is 1.90 bits per heavy atom. The quantitative estimate of drug-likeness (QED) is 0.871. The van der Waals surface area contributed by atoms with Crippen molar-refractivity contribution in [3.05, 3.63) is 53.9 Å². The van der Waals surface area contributed by atoms with E-state index in [2.05, 4.69) is 62.4 Å². The number of rotatable bonds is 6. The van der Waals surface area contributed by atoms with E-state index in [1.165, 1.54) is 11.1 Å². The summed E-state index contributed by atoms with van der Waals surface area (Å²) >= 11 is 0. The highest BCUT2D eigenvalue weighted by Gasteiger charge is 2.16. The van der Waals surface area contributed by atoms with Crippen LogP contribution in [0.4, 0.5) is 0 Å². The second-order valence-electron chi connectivity index (χ2n) is 6.61. The van der Waals surface area contributed by atoms with Crippen molar-refractivity contribution in [2.75, 3.05) is 6.54 Å². The van der Waals surface area contributed by atoms with E-state index in [0.717, 1.165) is 19.5 Å². The second kappa shape index (κ2) is 6.90. The summed E-state index contributed by atoms with van der Waals surface area (Å²) < 4.78 is 1.99. The third-order valence-corrected chi connectivity index (χ3v) is 3.75. The molecule has 3 nitrogen and oxygen atoms in total. The number of benzene rings is 1. The van der Waals surface area contributed by atoms with E-state index in [-0.39, 0.29) is 5.41 Å². The molecule has 1 N–H and O–H groups in total. The van der Waals surface area contributed by atoms with Crippen molar-refractivity contribution in [3.8, 4) is 0 Å². The van der Waals surface area contributed by atoms with Crippen LogP contribution in [0.1, 0.15) is 51.3 Å². The van der Waals surface area contributed by atoms with E-state index in [1.807, 2.05) is 23.1 Å². The number of hydrogen-bond donors (Lipinski definition) is 1. The van der Waals surface area contributed by atoms with Gasteiger partial charge in [-0.3, -0.25) is 4.68 Å². The van der Waals surface area contributed by atoms with Crippen molar-refractivity contribution < 1.29 is 0 Å². The molecule has 1 atom stereocenters. The van der Waals surface area contributed by atoms with Gasteiger partial charge in [0.15, 0.2) is 0 Å². The summed E-state index contributed by atoms with van der Waals surface area (Å²) in [6.07, 6.45) is 4.99. The molecule has 0 aliphatic heterocycles. The summed E-state index contributed by atoms with van der Waals surface area (Å²) in [5, 5.41) is 7.94.